The molecule has 2 fully saturated rings. The van der Waals surface area contributed by atoms with Crippen LogP contribution in [0.25, 0.3) is 0 Å². The highest BCUT2D eigenvalue weighted by Gasteiger charge is 2.36. The molecule has 2 aliphatic rings. The number of amides is 2. The summed E-state index contributed by atoms with van der Waals surface area (Å²) < 4.78 is 11.0. The van der Waals surface area contributed by atoms with Gasteiger partial charge in [0.2, 0.25) is 5.91 Å². The third kappa shape index (κ3) is 5.59. The van der Waals surface area contributed by atoms with Crippen molar-refractivity contribution < 1.29 is 23.9 Å². The zero-order chi connectivity index (χ0) is 20.6. The molecule has 1 atom stereocenters. The molecule has 0 spiro atoms. The molecule has 156 valence electrons. The van der Waals surface area contributed by atoms with E-state index in [0.717, 1.165) is 25.7 Å². The third-order valence-electron chi connectivity index (χ3n) is 5.27. The summed E-state index contributed by atoms with van der Waals surface area (Å²) in [6.45, 7) is 4.69. The van der Waals surface area contributed by atoms with Crippen LogP contribution in [0.15, 0.2) is 36.9 Å². The van der Waals surface area contributed by atoms with Gasteiger partial charge in [0.05, 0.1) is 6.42 Å². The average Bonchev–Trinajstić information content (AvgIpc) is 2.74. The van der Waals surface area contributed by atoms with Crippen molar-refractivity contribution in [3.63, 3.8) is 0 Å². The molecule has 0 aromatic heterocycles. The first-order valence-electron chi connectivity index (χ1n) is 10.2. The van der Waals surface area contributed by atoms with Crippen LogP contribution < -0.4 is 10.1 Å². The normalized spacial score (nSPS) is 19.9. The van der Waals surface area contributed by atoms with Gasteiger partial charge in [0.15, 0.2) is 0 Å². The largest absolute Gasteiger partial charge is 0.490 e. The summed E-state index contributed by atoms with van der Waals surface area (Å²) in [4.78, 5) is 39.3. The van der Waals surface area contributed by atoms with Crippen LogP contribution in [0, 0.1) is 0 Å². The molecule has 1 aliphatic carbocycles. The van der Waals surface area contributed by atoms with Crippen molar-refractivity contribution in [1.29, 1.82) is 0 Å². The number of carbonyl (C=O) groups excluding carboxylic acids is 3. The number of ether oxygens (including phenoxy) is 2. The fourth-order valence-electron chi connectivity index (χ4n) is 3.75. The Bertz CT molecular complexity index is 740. The number of nitrogens with one attached hydrogen (secondary N) is 1. The van der Waals surface area contributed by atoms with Gasteiger partial charge < -0.3 is 19.7 Å². The number of piperazine rings is 1. The Hall–Kier alpha value is -2.83. The molecule has 1 unspecified atom stereocenters. The van der Waals surface area contributed by atoms with Crippen LogP contribution in [0.2, 0.25) is 0 Å². The van der Waals surface area contributed by atoms with Crippen LogP contribution in [0.5, 0.6) is 5.75 Å². The van der Waals surface area contributed by atoms with E-state index < -0.39 is 12.0 Å². The van der Waals surface area contributed by atoms with Gasteiger partial charge in [-0.15, -0.1) is 0 Å². The molecule has 3 rings (SSSR count). The molecule has 1 saturated heterocycles. The zero-order valence-corrected chi connectivity index (χ0v) is 16.6. The van der Waals surface area contributed by atoms with Crippen molar-refractivity contribution in [3.8, 4) is 5.75 Å². The van der Waals surface area contributed by atoms with E-state index in [1.165, 1.54) is 11.3 Å². The minimum atomic E-state index is -0.857. The van der Waals surface area contributed by atoms with Crippen molar-refractivity contribution in [2.24, 2.45) is 0 Å². The van der Waals surface area contributed by atoms with E-state index in [9.17, 15) is 14.4 Å². The van der Waals surface area contributed by atoms with Crippen LogP contribution in [-0.2, 0) is 14.3 Å². The summed E-state index contributed by atoms with van der Waals surface area (Å²) in [6.07, 6.45) is 6.44. The van der Waals surface area contributed by atoms with E-state index in [0.29, 0.717) is 31.0 Å². The summed E-state index contributed by atoms with van der Waals surface area (Å²) in [5.74, 6) is -0.405. The maximum absolute atomic E-state index is 13.0. The third-order valence-corrected chi connectivity index (χ3v) is 5.27. The first-order valence-corrected chi connectivity index (χ1v) is 10.2. The fourth-order valence-corrected chi connectivity index (χ4v) is 3.75. The van der Waals surface area contributed by atoms with Crippen LogP contribution in [-0.4, -0.2) is 54.5 Å². The summed E-state index contributed by atoms with van der Waals surface area (Å²) in [5, 5.41) is 2.74. The quantitative estimate of drug-likeness (QED) is 0.561. The molecular weight excluding hydrogens is 372 g/mol. The number of esters is 1. The number of rotatable bonds is 7. The Labute approximate surface area is 171 Å². The topological polar surface area (TPSA) is 84.9 Å². The van der Waals surface area contributed by atoms with Crippen LogP contribution >= 0.6 is 0 Å². The minimum absolute atomic E-state index is 0.0739. The molecule has 1 saturated carbocycles. The van der Waals surface area contributed by atoms with Crippen molar-refractivity contribution in [2.45, 2.75) is 50.7 Å². The molecule has 1 aromatic rings. The Morgan fingerprint density at radius 3 is 2.59 bits per heavy atom. The molecular formula is C22H28N2O5. The second-order valence-corrected chi connectivity index (χ2v) is 7.38. The molecule has 1 aromatic carbocycles. The summed E-state index contributed by atoms with van der Waals surface area (Å²) >= 11 is 0. The molecule has 1 N–H and O–H groups in total. The number of benzene rings is 1. The lowest BCUT2D eigenvalue weighted by atomic mass is 9.98. The number of carbonyl (C=O) groups is 3. The lowest BCUT2D eigenvalue weighted by Crippen LogP contribution is -2.58. The molecule has 7 heteroatoms. The van der Waals surface area contributed by atoms with E-state index in [2.05, 4.69) is 11.9 Å². The van der Waals surface area contributed by atoms with Gasteiger partial charge in [-0.25, -0.2) is 0 Å². The zero-order valence-electron chi connectivity index (χ0n) is 16.6. The molecule has 2 amide bonds. The fraction of sp³-hybridized carbons (Fsp3) is 0.500. The first-order chi connectivity index (χ1) is 14.1. The van der Waals surface area contributed by atoms with Gasteiger partial charge >= 0.3 is 5.97 Å². The molecule has 0 radical (unpaired) electrons. The number of hydrogen-bond acceptors (Lipinski definition) is 5. The van der Waals surface area contributed by atoms with Crippen LogP contribution in [0.4, 0.5) is 0 Å². The highest BCUT2D eigenvalue weighted by Crippen LogP contribution is 2.22. The summed E-state index contributed by atoms with van der Waals surface area (Å²) in [6, 6.07) is 5.86. The Kier molecular flexibility index (Phi) is 7.27. The van der Waals surface area contributed by atoms with Gasteiger partial charge in [0.1, 0.15) is 24.5 Å². The van der Waals surface area contributed by atoms with Gasteiger partial charge in [-0.2, -0.15) is 0 Å². The van der Waals surface area contributed by atoms with E-state index in [-0.39, 0.29) is 24.3 Å². The number of nitrogens with zero attached hydrogens (tertiary/aromatic N) is 1. The van der Waals surface area contributed by atoms with Crippen molar-refractivity contribution >= 4 is 17.8 Å². The first kappa shape index (κ1) is 20.9. The molecule has 29 heavy (non-hydrogen) atoms. The van der Waals surface area contributed by atoms with Crippen LogP contribution in [0.1, 0.15) is 48.9 Å². The summed E-state index contributed by atoms with van der Waals surface area (Å²) in [7, 11) is 0. The van der Waals surface area contributed by atoms with Crippen molar-refractivity contribution in [3.05, 3.63) is 42.5 Å². The van der Waals surface area contributed by atoms with Gasteiger partial charge in [0.25, 0.3) is 5.91 Å². The van der Waals surface area contributed by atoms with E-state index in [1.807, 2.05) is 0 Å². The van der Waals surface area contributed by atoms with E-state index >= 15 is 0 Å². The lowest BCUT2D eigenvalue weighted by Gasteiger charge is -2.35. The van der Waals surface area contributed by atoms with Gasteiger partial charge in [-0.05, 0) is 49.9 Å². The Balaban J connectivity index is 1.65. The monoisotopic (exact) mass is 400 g/mol. The van der Waals surface area contributed by atoms with E-state index in [4.69, 9.17) is 9.47 Å². The Morgan fingerprint density at radius 1 is 1.17 bits per heavy atom. The van der Waals surface area contributed by atoms with Crippen LogP contribution in [0.3, 0.4) is 0 Å². The number of hydrogen-bond donors (Lipinski definition) is 1. The van der Waals surface area contributed by atoms with E-state index in [1.54, 1.807) is 30.3 Å². The standard InChI is InChI=1S/C22H28N2O5/c1-2-14-28-17-10-8-16(9-11-17)22(27)24-13-12-23-21(26)19(24)15-20(25)29-18-6-4-3-5-7-18/h2,8-11,18-19H,1,3-7,12-15H2,(H,23,26). The molecule has 7 nitrogen and oxygen atoms in total. The molecule has 0 bridgehead atoms. The predicted octanol–water partition coefficient (Wildman–Crippen LogP) is 2.46. The van der Waals surface area contributed by atoms with Crippen molar-refractivity contribution in [1.82, 2.24) is 10.2 Å². The van der Waals surface area contributed by atoms with Crippen molar-refractivity contribution in [2.75, 3.05) is 19.7 Å². The average molecular weight is 400 g/mol. The molecule has 1 heterocycles. The second kappa shape index (κ2) is 10.1. The Morgan fingerprint density at radius 2 is 1.90 bits per heavy atom. The second-order valence-electron chi connectivity index (χ2n) is 7.38. The van der Waals surface area contributed by atoms with Gasteiger partial charge in [-0.1, -0.05) is 19.1 Å². The highest BCUT2D eigenvalue weighted by atomic mass is 16.5. The smallest absolute Gasteiger partial charge is 0.308 e. The molecule has 1 aliphatic heterocycles. The predicted molar refractivity (Wildman–Crippen MR) is 108 cm³/mol. The summed E-state index contributed by atoms with van der Waals surface area (Å²) in [5.41, 5.74) is 0.441. The maximum atomic E-state index is 13.0. The minimum Gasteiger partial charge on any atom is -0.490 e. The lowest BCUT2D eigenvalue weighted by molar-refractivity contribution is -0.153. The highest BCUT2D eigenvalue weighted by molar-refractivity contribution is 5.99. The van der Waals surface area contributed by atoms with Gasteiger partial charge in [-0.3, -0.25) is 14.4 Å². The maximum Gasteiger partial charge on any atom is 0.308 e. The SMILES string of the molecule is C=CCOc1ccc(C(=O)N2CCNC(=O)C2CC(=O)OC2CCCCC2)cc1. The van der Waals surface area contributed by atoms with Gasteiger partial charge in [0, 0.05) is 18.7 Å².